The van der Waals surface area contributed by atoms with Gasteiger partial charge in [-0.2, -0.15) is 0 Å². The number of para-hydroxylation sites is 1. The highest BCUT2D eigenvalue weighted by Crippen LogP contribution is 2.17. The summed E-state index contributed by atoms with van der Waals surface area (Å²) >= 11 is 0. The minimum absolute atomic E-state index is 0.00986. The Kier molecular flexibility index (Phi) is 4.43. The van der Waals surface area contributed by atoms with Crippen LogP contribution in [0.1, 0.15) is 5.56 Å². The normalized spacial score (nSPS) is 18.8. The second kappa shape index (κ2) is 6.26. The lowest BCUT2D eigenvalue weighted by Crippen LogP contribution is -2.51. The quantitative estimate of drug-likeness (QED) is 0.599. The van der Waals surface area contributed by atoms with Crippen molar-refractivity contribution in [1.29, 1.82) is 0 Å². The number of carbonyl (C=O) groups is 1. The van der Waals surface area contributed by atoms with Crippen molar-refractivity contribution in [3.63, 3.8) is 0 Å². The largest absolute Gasteiger partial charge is 0.378 e. The Bertz CT molecular complexity index is 472. The molecule has 1 heterocycles. The number of nitro benzene ring substituents is 1. The fourth-order valence-corrected chi connectivity index (χ4v) is 1.88. The number of morpholine rings is 1. The predicted molar refractivity (Wildman–Crippen MR) is 67.6 cm³/mol. The molecule has 1 aliphatic heterocycles. The van der Waals surface area contributed by atoms with Gasteiger partial charge in [0.2, 0.25) is 5.91 Å². The van der Waals surface area contributed by atoms with E-state index >= 15 is 0 Å². The van der Waals surface area contributed by atoms with Crippen LogP contribution in [0.15, 0.2) is 24.3 Å². The first kappa shape index (κ1) is 13.4. The number of hydrogen-bond acceptors (Lipinski definition) is 5. The summed E-state index contributed by atoms with van der Waals surface area (Å²) in [5.41, 5.74) is 0.494. The molecule has 0 radical (unpaired) electrons. The Hall–Kier alpha value is -1.99. The van der Waals surface area contributed by atoms with Gasteiger partial charge >= 0.3 is 0 Å². The molecule has 1 aromatic rings. The van der Waals surface area contributed by atoms with Crippen LogP contribution in [0.25, 0.3) is 0 Å². The summed E-state index contributed by atoms with van der Waals surface area (Å²) < 4.78 is 5.19. The Balaban J connectivity index is 1.94. The molecule has 7 nitrogen and oxygen atoms in total. The third-order valence-corrected chi connectivity index (χ3v) is 2.88. The second-order valence-corrected chi connectivity index (χ2v) is 4.19. The van der Waals surface area contributed by atoms with Crippen LogP contribution in [-0.4, -0.2) is 36.6 Å². The summed E-state index contributed by atoms with van der Waals surface area (Å²) in [6.07, 6.45) is 0. The summed E-state index contributed by atoms with van der Waals surface area (Å²) in [5.74, 6) is -0.210. The van der Waals surface area contributed by atoms with E-state index in [-0.39, 0.29) is 18.1 Å². The molecule has 1 saturated heterocycles. The number of nitrogens with one attached hydrogen (secondary N) is 2. The molecule has 19 heavy (non-hydrogen) atoms. The molecule has 1 atom stereocenters. The number of benzene rings is 1. The number of nitro groups is 1. The van der Waals surface area contributed by atoms with E-state index in [4.69, 9.17) is 4.74 Å². The average molecular weight is 265 g/mol. The van der Waals surface area contributed by atoms with E-state index in [0.29, 0.717) is 25.3 Å². The van der Waals surface area contributed by atoms with Crippen LogP contribution in [0.2, 0.25) is 0 Å². The van der Waals surface area contributed by atoms with Gasteiger partial charge < -0.3 is 15.4 Å². The molecular formula is C12H15N3O4. The summed E-state index contributed by atoms with van der Waals surface area (Å²) in [7, 11) is 0. The minimum atomic E-state index is -0.455. The van der Waals surface area contributed by atoms with Crippen LogP contribution >= 0.6 is 0 Å². The number of hydrogen-bond donors (Lipinski definition) is 2. The van der Waals surface area contributed by atoms with Crippen LogP contribution in [-0.2, 0) is 16.1 Å². The zero-order valence-corrected chi connectivity index (χ0v) is 10.3. The van der Waals surface area contributed by atoms with Crippen LogP contribution in [0.4, 0.5) is 5.69 Å². The SMILES string of the molecule is O=C(NCc1ccccc1[N+](=O)[O-])C1COCCN1. The van der Waals surface area contributed by atoms with Gasteiger partial charge in [-0.15, -0.1) is 0 Å². The second-order valence-electron chi connectivity index (χ2n) is 4.19. The van der Waals surface area contributed by atoms with Gasteiger partial charge in [-0.25, -0.2) is 0 Å². The van der Waals surface area contributed by atoms with Crippen molar-refractivity contribution in [3.8, 4) is 0 Å². The van der Waals surface area contributed by atoms with Crippen molar-refractivity contribution in [2.45, 2.75) is 12.6 Å². The molecule has 2 rings (SSSR count). The van der Waals surface area contributed by atoms with Gasteiger partial charge in [0.25, 0.3) is 5.69 Å². The number of rotatable bonds is 4. The monoisotopic (exact) mass is 265 g/mol. The zero-order chi connectivity index (χ0) is 13.7. The zero-order valence-electron chi connectivity index (χ0n) is 10.3. The summed E-state index contributed by atoms with van der Waals surface area (Å²) in [5, 5.41) is 16.5. The first-order chi connectivity index (χ1) is 9.18. The van der Waals surface area contributed by atoms with E-state index in [2.05, 4.69) is 10.6 Å². The fourth-order valence-electron chi connectivity index (χ4n) is 1.88. The smallest absolute Gasteiger partial charge is 0.274 e. The highest BCUT2D eigenvalue weighted by atomic mass is 16.6. The molecule has 102 valence electrons. The molecule has 0 aromatic heterocycles. The molecule has 1 unspecified atom stereocenters. The van der Waals surface area contributed by atoms with E-state index in [1.165, 1.54) is 6.07 Å². The topological polar surface area (TPSA) is 93.5 Å². The first-order valence-electron chi connectivity index (χ1n) is 5.99. The van der Waals surface area contributed by atoms with Gasteiger partial charge in [0.05, 0.1) is 18.1 Å². The molecule has 7 heteroatoms. The third kappa shape index (κ3) is 3.49. The number of ether oxygens (including phenoxy) is 1. The lowest BCUT2D eigenvalue weighted by molar-refractivity contribution is -0.385. The maximum Gasteiger partial charge on any atom is 0.274 e. The van der Waals surface area contributed by atoms with Crippen LogP contribution < -0.4 is 10.6 Å². The molecule has 0 saturated carbocycles. The van der Waals surface area contributed by atoms with Gasteiger partial charge in [-0.3, -0.25) is 14.9 Å². The molecule has 2 N–H and O–H groups in total. The van der Waals surface area contributed by atoms with Crippen LogP contribution in [0.3, 0.4) is 0 Å². The van der Waals surface area contributed by atoms with Gasteiger partial charge in [0.15, 0.2) is 0 Å². The standard InChI is InChI=1S/C12H15N3O4/c16-12(10-8-19-6-5-13-10)14-7-9-3-1-2-4-11(9)15(17)18/h1-4,10,13H,5-8H2,(H,14,16). The fraction of sp³-hybridized carbons (Fsp3) is 0.417. The molecule has 1 amide bonds. The number of amides is 1. The van der Waals surface area contributed by atoms with Crippen molar-refractivity contribution in [2.24, 2.45) is 0 Å². The molecule has 1 aliphatic rings. The molecular weight excluding hydrogens is 250 g/mol. The highest BCUT2D eigenvalue weighted by molar-refractivity contribution is 5.82. The van der Waals surface area contributed by atoms with Crippen LogP contribution in [0, 0.1) is 10.1 Å². The number of carbonyl (C=O) groups excluding carboxylic acids is 1. The summed E-state index contributed by atoms with van der Waals surface area (Å²) in [6, 6.07) is 5.96. The maximum absolute atomic E-state index is 11.8. The van der Waals surface area contributed by atoms with E-state index in [9.17, 15) is 14.9 Å². The molecule has 0 bridgehead atoms. The van der Waals surface area contributed by atoms with Crippen molar-refractivity contribution in [2.75, 3.05) is 19.8 Å². The molecule has 0 aliphatic carbocycles. The van der Waals surface area contributed by atoms with Gasteiger partial charge in [-0.1, -0.05) is 18.2 Å². The first-order valence-corrected chi connectivity index (χ1v) is 5.99. The van der Waals surface area contributed by atoms with E-state index in [1.54, 1.807) is 18.2 Å². The van der Waals surface area contributed by atoms with Crippen molar-refractivity contribution >= 4 is 11.6 Å². The maximum atomic E-state index is 11.8. The Morgan fingerprint density at radius 2 is 2.32 bits per heavy atom. The lowest BCUT2D eigenvalue weighted by atomic mass is 10.1. The Morgan fingerprint density at radius 3 is 3.00 bits per heavy atom. The summed E-state index contributed by atoms with van der Waals surface area (Å²) in [6.45, 7) is 1.67. The van der Waals surface area contributed by atoms with Gasteiger partial charge in [-0.05, 0) is 0 Å². The molecule has 1 aromatic carbocycles. The summed E-state index contributed by atoms with van der Waals surface area (Å²) in [4.78, 5) is 22.2. The average Bonchev–Trinajstić information content (AvgIpc) is 2.46. The predicted octanol–water partition coefficient (Wildman–Crippen LogP) is 0.199. The Morgan fingerprint density at radius 1 is 1.53 bits per heavy atom. The van der Waals surface area contributed by atoms with Gasteiger partial charge in [0, 0.05) is 24.7 Å². The highest BCUT2D eigenvalue weighted by Gasteiger charge is 2.21. The molecule has 0 spiro atoms. The van der Waals surface area contributed by atoms with E-state index < -0.39 is 11.0 Å². The third-order valence-electron chi connectivity index (χ3n) is 2.88. The van der Waals surface area contributed by atoms with Gasteiger partial charge in [0.1, 0.15) is 6.04 Å². The van der Waals surface area contributed by atoms with Crippen molar-refractivity contribution in [1.82, 2.24) is 10.6 Å². The van der Waals surface area contributed by atoms with E-state index in [0.717, 1.165) is 0 Å². The molecule has 1 fully saturated rings. The van der Waals surface area contributed by atoms with Crippen molar-refractivity contribution < 1.29 is 14.5 Å². The lowest BCUT2D eigenvalue weighted by Gasteiger charge is -2.22. The van der Waals surface area contributed by atoms with Crippen molar-refractivity contribution in [3.05, 3.63) is 39.9 Å². The number of nitrogens with zero attached hydrogens (tertiary/aromatic N) is 1. The minimum Gasteiger partial charge on any atom is -0.378 e. The van der Waals surface area contributed by atoms with E-state index in [1.807, 2.05) is 0 Å². The Labute approximate surface area is 110 Å². The van der Waals surface area contributed by atoms with Crippen LogP contribution in [0.5, 0.6) is 0 Å².